The molecule has 0 aliphatic heterocycles. The van der Waals surface area contributed by atoms with E-state index in [4.69, 9.17) is 11.6 Å². The minimum Gasteiger partial charge on any atom is -0.0836 e. The van der Waals surface area contributed by atoms with Gasteiger partial charge in [-0.15, -0.1) is 0 Å². The second-order valence-electron chi connectivity index (χ2n) is 5.21. The van der Waals surface area contributed by atoms with Gasteiger partial charge < -0.3 is 0 Å². The first kappa shape index (κ1) is 12.4. The molecule has 100 valence electrons. The van der Waals surface area contributed by atoms with E-state index < -0.39 is 0 Å². The lowest BCUT2D eigenvalue weighted by molar-refractivity contribution is 1.65. The molecule has 0 fully saturated rings. The molecule has 4 aromatic rings. The first-order chi connectivity index (χ1) is 10.3. The standard InChI is InChI=1S/C20H13Cl/c21-20-13-16-11-10-15(14-6-2-1-3-7-14)12-19(16)17-8-4-5-9-18(17)20/h1-13H. The molecule has 0 bridgehead atoms. The molecular formula is C20H13Cl. The molecule has 0 N–H and O–H groups in total. The number of rotatable bonds is 1. The highest BCUT2D eigenvalue weighted by atomic mass is 35.5. The van der Waals surface area contributed by atoms with E-state index in [1.165, 1.54) is 27.3 Å². The van der Waals surface area contributed by atoms with Crippen LogP contribution in [0.4, 0.5) is 0 Å². The Morgan fingerprint density at radius 1 is 0.524 bits per heavy atom. The summed E-state index contributed by atoms with van der Waals surface area (Å²) in [5.74, 6) is 0. The van der Waals surface area contributed by atoms with Crippen molar-refractivity contribution in [2.45, 2.75) is 0 Å². The maximum atomic E-state index is 6.39. The molecule has 0 saturated carbocycles. The number of hydrogen-bond donors (Lipinski definition) is 0. The van der Waals surface area contributed by atoms with Gasteiger partial charge in [0.1, 0.15) is 0 Å². The summed E-state index contributed by atoms with van der Waals surface area (Å²) < 4.78 is 0. The molecule has 4 aromatic carbocycles. The average molecular weight is 289 g/mol. The van der Waals surface area contributed by atoms with Gasteiger partial charge in [-0.05, 0) is 39.4 Å². The third kappa shape index (κ3) is 2.09. The van der Waals surface area contributed by atoms with Crippen LogP contribution >= 0.6 is 11.6 Å². The van der Waals surface area contributed by atoms with Crippen molar-refractivity contribution >= 4 is 33.1 Å². The lowest BCUT2D eigenvalue weighted by Gasteiger charge is -2.09. The molecule has 0 spiro atoms. The Bertz CT molecular complexity index is 940. The molecular weight excluding hydrogens is 276 g/mol. The largest absolute Gasteiger partial charge is 0.0836 e. The van der Waals surface area contributed by atoms with E-state index in [0.29, 0.717) is 0 Å². The van der Waals surface area contributed by atoms with Crippen LogP contribution in [0.25, 0.3) is 32.7 Å². The molecule has 4 rings (SSSR count). The Balaban J connectivity index is 2.07. The van der Waals surface area contributed by atoms with Gasteiger partial charge in [-0.2, -0.15) is 0 Å². The van der Waals surface area contributed by atoms with Crippen molar-refractivity contribution in [2.75, 3.05) is 0 Å². The lowest BCUT2D eigenvalue weighted by atomic mass is 9.97. The van der Waals surface area contributed by atoms with Crippen molar-refractivity contribution in [3.8, 4) is 11.1 Å². The zero-order valence-electron chi connectivity index (χ0n) is 11.4. The van der Waals surface area contributed by atoms with Gasteiger partial charge in [0, 0.05) is 10.4 Å². The van der Waals surface area contributed by atoms with Crippen LogP contribution in [0.15, 0.2) is 78.9 Å². The summed E-state index contributed by atoms with van der Waals surface area (Å²) in [6, 6.07) is 27.4. The van der Waals surface area contributed by atoms with Crippen molar-refractivity contribution in [3.05, 3.63) is 83.9 Å². The highest BCUT2D eigenvalue weighted by molar-refractivity contribution is 6.37. The molecule has 21 heavy (non-hydrogen) atoms. The zero-order valence-corrected chi connectivity index (χ0v) is 12.1. The molecule has 0 saturated heterocycles. The first-order valence-electron chi connectivity index (χ1n) is 6.99. The summed E-state index contributed by atoms with van der Waals surface area (Å²) in [6.07, 6.45) is 0. The minimum atomic E-state index is 0.811. The average Bonchev–Trinajstić information content (AvgIpc) is 2.56. The topological polar surface area (TPSA) is 0 Å². The third-order valence-corrected chi connectivity index (χ3v) is 4.23. The van der Waals surface area contributed by atoms with Crippen LogP contribution in [0.2, 0.25) is 5.02 Å². The van der Waals surface area contributed by atoms with Crippen molar-refractivity contribution < 1.29 is 0 Å². The highest BCUT2D eigenvalue weighted by Crippen LogP contribution is 2.34. The van der Waals surface area contributed by atoms with Crippen molar-refractivity contribution in [2.24, 2.45) is 0 Å². The summed E-state index contributed by atoms with van der Waals surface area (Å²) in [7, 11) is 0. The summed E-state index contributed by atoms with van der Waals surface area (Å²) in [6.45, 7) is 0. The summed E-state index contributed by atoms with van der Waals surface area (Å²) in [4.78, 5) is 0. The third-order valence-electron chi connectivity index (χ3n) is 3.92. The Morgan fingerprint density at radius 3 is 2.05 bits per heavy atom. The van der Waals surface area contributed by atoms with Gasteiger partial charge in [-0.3, -0.25) is 0 Å². The van der Waals surface area contributed by atoms with Crippen LogP contribution in [0, 0.1) is 0 Å². The monoisotopic (exact) mass is 288 g/mol. The smallest absolute Gasteiger partial charge is 0.0490 e. The van der Waals surface area contributed by atoms with Gasteiger partial charge in [0.25, 0.3) is 0 Å². The summed E-state index contributed by atoms with van der Waals surface area (Å²) in [5.41, 5.74) is 2.47. The van der Waals surface area contributed by atoms with Crippen LogP contribution in [0.3, 0.4) is 0 Å². The van der Waals surface area contributed by atoms with Crippen molar-refractivity contribution in [1.29, 1.82) is 0 Å². The summed E-state index contributed by atoms with van der Waals surface area (Å²) >= 11 is 6.39. The van der Waals surface area contributed by atoms with Crippen molar-refractivity contribution in [3.63, 3.8) is 0 Å². The van der Waals surface area contributed by atoms with E-state index in [9.17, 15) is 0 Å². The van der Waals surface area contributed by atoms with Gasteiger partial charge >= 0.3 is 0 Å². The predicted octanol–water partition coefficient (Wildman–Crippen LogP) is 6.31. The predicted molar refractivity (Wildman–Crippen MR) is 91.9 cm³/mol. The minimum absolute atomic E-state index is 0.811. The number of halogens is 1. The molecule has 0 unspecified atom stereocenters. The second kappa shape index (κ2) is 4.91. The van der Waals surface area contributed by atoms with E-state index >= 15 is 0 Å². The van der Waals surface area contributed by atoms with Gasteiger partial charge in [0.15, 0.2) is 0 Å². The molecule has 0 amide bonds. The number of hydrogen-bond acceptors (Lipinski definition) is 0. The van der Waals surface area contributed by atoms with E-state index in [1.807, 2.05) is 18.2 Å². The SMILES string of the molecule is Clc1cc2ccc(-c3ccccc3)cc2c2ccccc12. The van der Waals surface area contributed by atoms with E-state index in [0.717, 1.165) is 10.4 Å². The Kier molecular flexibility index (Phi) is 2.90. The zero-order chi connectivity index (χ0) is 14.2. The van der Waals surface area contributed by atoms with Crippen LogP contribution in [0.1, 0.15) is 0 Å². The molecule has 0 radical (unpaired) electrons. The van der Waals surface area contributed by atoms with E-state index in [1.54, 1.807) is 0 Å². The fourth-order valence-electron chi connectivity index (χ4n) is 2.87. The van der Waals surface area contributed by atoms with Gasteiger partial charge in [-0.1, -0.05) is 78.3 Å². The lowest BCUT2D eigenvalue weighted by Crippen LogP contribution is -1.82. The van der Waals surface area contributed by atoms with E-state index in [-0.39, 0.29) is 0 Å². The van der Waals surface area contributed by atoms with Crippen LogP contribution < -0.4 is 0 Å². The Labute approximate surface area is 128 Å². The fourth-order valence-corrected chi connectivity index (χ4v) is 3.15. The van der Waals surface area contributed by atoms with Gasteiger partial charge in [0.2, 0.25) is 0 Å². The Hall–Kier alpha value is -2.31. The molecule has 0 atom stereocenters. The van der Waals surface area contributed by atoms with Crippen molar-refractivity contribution in [1.82, 2.24) is 0 Å². The van der Waals surface area contributed by atoms with Crippen LogP contribution in [0.5, 0.6) is 0 Å². The fraction of sp³-hybridized carbons (Fsp3) is 0. The normalized spacial score (nSPS) is 11.1. The molecule has 0 aliphatic carbocycles. The number of fused-ring (bicyclic) bond motifs is 3. The molecule has 0 heterocycles. The maximum Gasteiger partial charge on any atom is 0.0490 e. The molecule has 0 aliphatic rings. The van der Waals surface area contributed by atoms with Crippen LogP contribution in [-0.4, -0.2) is 0 Å². The van der Waals surface area contributed by atoms with E-state index in [2.05, 4.69) is 60.7 Å². The first-order valence-corrected chi connectivity index (χ1v) is 7.37. The number of benzene rings is 4. The molecule has 1 heteroatoms. The highest BCUT2D eigenvalue weighted by Gasteiger charge is 2.06. The Morgan fingerprint density at radius 2 is 1.24 bits per heavy atom. The van der Waals surface area contributed by atoms with Crippen LogP contribution in [-0.2, 0) is 0 Å². The summed E-state index contributed by atoms with van der Waals surface area (Å²) in [5, 5.41) is 5.55. The quantitative estimate of drug-likeness (QED) is 0.360. The second-order valence-corrected chi connectivity index (χ2v) is 5.61. The van der Waals surface area contributed by atoms with Gasteiger partial charge in [-0.25, -0.2) is 0 Å². The molecule has 0 aromatic heterocycles. The maximum absolute atomic E-state index is 6.39. The van der Waals surface area contributed by atoms with Gasteiger partial charge in [0.05, 0.1) is 0 Å². The molecule has 0 nitrogen and oxygen atoms in total.